The van der Waals surface area contributed by atoms with Crippen LogP contribution in [0.4, 0.5) is 0 Å². The third-order valence-electron chi connectivity index (χ3n) is 5.53. The molecule has 1 rings (SSSR count). The highest BCUT2D eigenvalue weighted by atomic mass is 16.6. The van der Waals surface area contributed by atoms with Crippen molar-refractivity contribution >= 4 is 5.97 Å². The van der Waals surface area contributed by atoms with Gasteiger partial charge in [0.1, 0.15) is 6.10 Å². The Labute approximate surface area is 155 Å². The Morgan fingerprint density at radius 2 is 1.36 bits per heavy atom. The third-order valence-corrected chi connectivity index (χ3v) is 5.53. The van der Waals surface area contributed by atoms with E-state index in [4.69, 9.17) is 4.74 Å². The lowest BCUT2D eigenvalue weighted by atomic mass is 9.86. The highest BCUT2D eigenvalue weighted by Gasteiger charge is 2.42. The summed E-state index contributed by atoms with van der Waals surface area (Å²) in [6.07, 6.45) is 18.6. The van der Waals surface area contributed by atoms with Gasteiger partial charge in [-0.25, -0.2) is 0 Å². The van der Waals surface area contributed by atoms with E-state index in [1.807, 2.05) is 0 Å². The fourth-order valence-corrected chi connectivity index (χ4v) is 3.78. The minimum absolute atomic E-state index is 0.0253. The molecule has 0 spiro atoms. The van der Waals surface area contributed by atoms with Crippen molar-refractivity contribution in [3.05, 3.63) is 0 Å². The maximum Gasteiger partial charge on any atom is 0.313 e. The average molecular weight is 355 g/mol. The highest BCUT2D eigenvalue weighted by Crippen LogP contribution is 2.31. The molecule has 0 amide bonds. The SMILES string of the molecule is CCCCCCCCCCC[C@H](O)C[C@@H]1OC(=O)[C@H]1CCCCCC. The van der Waals surface area contributed by atoms with Crippen LogP contribution < -0.4 is 0 Å². The van der Waals surface area contributed by atoms with Gasteiger partial charge in [0.05, 0.1) is 12.0 Å². The van der Waals surface area contributed by atoms with Crippen molar-refractivity contribution in [2.75, 3.05) is 0 Å². The van der Waals surface area contributed by atoms with Crippen LogP contribution in [0.5, 0.6) is 0 Å². The first-order valence-electron chi connectivity index (χ1n) is 11.1. The highest BCUT2D eigenvalue weighted by molar-refractivity contribution is 5.78. The second-order valence-corrected chi connectivity index (χ2v) is 7.94. The summed E-state index contributed by atoms with van der Waals surface area (Å²) in [6, 6.07) is 0. The molecule has 1 aliphatic heterocycles. The number of ether oxygens (including phenoxy) is 1. The summed E-state index contributed by atoms with van der Waals surface area (Å²) in [7, 11) is 0. The van der Waals surface area contributed by atoms with Gasteiger partial charge in [0.2, 0.25) is 0 Å². The van der Waals surface area contributed by atoms with Crippen molar-refractivity contribution in [3.8, 4) is 0 Å². The van der Waals surface area contributed by atoms with Crippen LogP contribution in [-0.4, -0.2) is 23.3 Å². The van der Waals surface area contributed by atoms with Crippen LogP contribution in [0.25, 0.3) is 0 Å². The molecular formula is C22H42O3. The van der Waals surface area contributed by atoms with Crippen molar-refractivity contribution in [2.45, 2.75) is 129 Å². The first kappa shape index (κ1) is 22.5. The largest absolute Gasteiger partial charge is 0.461 e. The number of esters is 1. The van der Waals surface area contributed by atoms with E-state index >= 15 is 0 Å². The summed E-state index contributed by atoms with van der Waals surface area (Å²) in [5, 5.41) is 10.2. The molecule has 1 saturated heterocycles. The van der Waals surface area contributed by atoms with E-state index in [1.165, 1.54) is 70.6 Å². The van der Waals surface area contributed by atoms with Gasteiger partial charge in [-0.3, -0.25) is 4.79 Å². The molecule has 0 radical (unpaired) electrons. The number of unbranched alkanes of at least 4 members (excludes halogenated alkanes) is 11. The van der Waals surface area contributed by atoms with E-state index in [0.717, 1.165) is 25.7 Å². The van der Waals surface area contributed by atoms with E-state index in [0.29, 0.717) is 6.42 Å². The van der Waals surface area contributed by atoms with E-state index in [1.54, 1.807) is 0 Å². The Morgan fingerprint density at radius 1 is 0.840 bits per heavy atom. The zero-order valence-corrected chi connectivity index (χ0v) is 16.8. The minimum atomic E-state index is -0.305. The molecule has 0 aliphatic carbocycles. The van der Waals surface area contributed by atoms with E-state index in [-0.39, 0.29) is 24.1 Å². The summed E-state index contributed by atoms with van der Waals surface area (Å²) < 4.78 is 5.27. The van der Waals surface area contributed by atoms with Gasteiger partial charge in [0, 0.05) is 6.42 Å². The summed E-state index contributed by atoms with van der Waals surface area (Å²) in [5.74, 6) is 0.00592. The minimum Gasteiger partial charge on any atom is -0.461 e. The normalized spacial score (nSPS) is 21.0. The second-order valence-electron chi connectivity index (χ2n) is 7.94. The molecule has 0 aromatic heterocycles. The smallest absolute Gasteiger partial charge is 0.313 e. The Morgan fingerprint density at radius 3 is 1.92 bits per heavy atom. The van der Waals surface area contributed by atoms with Crippen LogP contribution >= 0.6 is 0 Å². The first-order chi connectivity index (χ1) is 12.2. The van der Waals surface area contributed by atoms with Gasteiger partial charge >= 0.3 is 5.97 Å². The first-order valence-corrected chi connectivity index (χ1v) is 11.1. The molecule has 3 atom stereocenters. The summed E-state index contributed by atoms with van der Waals surface area (Å²) in [6.45, 7) is 4.45. The topological polar surface area (TPSA) is 46.5 Å². The molecule has 0 saturated carbocycles. The molecule has 0 unspecified atom stereocenters. The molecular weight excluding hydrogens is 312 g/mol. The number of cyclic esters (lactones) is 1. The Hall–Kier alpha value is -0.570. The van der Waals surface area contributed by atoms with Crippen molar-refractivity contribution in [3.63, 3.8) is 0 Å². The summed E-state index contributed by atoms with van der Waals surface area (Å²) in [5.41, 5.74) is 0. The molecule has 1 heterocycles. The van der Waals surface area contributed by atoms with Crippen LogP contribution in [0, 0.1) is 5.92 Å². The quantitative estimate of drug-likeness (QED) is 0.251. The van der Waals surface area contributed by atoms with Crippen LogP contribution in [0.3, 0.4) is 0 Å². The molecule has 1 N–H and O–H groups in total. The van der Waals surface area contributed by atoms with Gasteiger partial charge in [-0.2, -0.15) is 0 Å². The van der Waals surface area contributed by atoms with Gasteiger partial charge in [0.15, 0.2) is 0 Å². The number of hydrogen-bond donors (Lipinski definition) is 1. The predicted octanol–water partition coefficient (Wildman–Crippen LogP) is 6.17. The van der Waals surface area contributed by atoms with Crippen LogP contribution in [0.15, 0.2) is 0 Å². The van der Waals surface area contributed by atoms with Gasteiger partial charge in [-0.05, 0) is 12.8 Å². The number of carbonyl (C=O) groups is 1. The van der Waals surface area contributed by atoms with Crippen molar-refractivity contribution in [2.24, 2.45) is 5.92 Å². The second kappa shape index (κ2) is 14.6. The van der Waals surface area contributed by atoms with Gasteiger partial charge in [0.25, 0.3) is 0 Å². The van der Waals surface area contributed by atoms with Crippen molar-refractivity contribution < 1.29 is 14.6 Å². The van der Waals surface area contributed by atoms with Crippen molar-refractivity contribution in [1.82, 2.24) is 0 Å². The molecule has 0 aromatic carbocycles. The van der Waals surface area contributed by atoms with Crippen LogP contribution in [0.2, 0.25) is 0 Å². The molecule has 1 fully saturated rings. The van der Waals surface area contributed by atoms with Gasteiger partial charge < -0.3 is 9.84 Å². The fraction of sp³-hybridized carbons (Fsp3) is 0.955. The summed E-state index contributed by atoms with van der Waals surface area (Å²) in [4.78, 5) is 11.6. The lowest BCUT2D eigenvalue weighted by Gasteiger charge is -2.36. The Balaban J connectivity index is 1.98. The van der Waals surface area contributed by atoms with E-state index < -0.39 is 0 Å². The monoisotopic (exact) mass is 354 g/mol. The van der Waals surface area contributed by atoms with Gasteiger partial charge in [-0.1, -0.05) is 97.3 Å². The van der Waals surface area contributed by atoms with Crippen LogP contribution in [-0.2, 0) is 9.53 Å². The molecule has 3 heteroatoms. The Kier molecular flexibility index (Phi) is 13.1. The van der Waals surface area contributed by atoms with Crippen LogP contribution in [0.1, 0.15) is 117 Å². The lowest BCUT2D eigenvalue weighted by Crippen LogP contribution is -2.46. The molecule has 0 bridgehead atoms. The number of hydrogen-bond acceptors (Lipinski definition) is 3. The fourth-order valence-electron chi connectivity index (χ4n) is 3.78. The molecule has 25 heavy (non-hydrogen) atoms. The van der Waals surface area contributed by atoms with E-state index in [9.17, 15) is 9.90 Å². The molecule has 0 aromatic rings. The third kappa shape index (κ3) is 10.2. The lowest BCUT2D eigenvalue weighted by molar-refractivity contribution is -0.188. The number of aliphatic hydroxyl groups excluding tert-OH is 1. The standard InChI is InChI=1S/C22H42O3/c1-3-5-7-9-10-11-12-13-14-16-19(23)18-21-20(22(24)25-21)17-15-8-6-4-2/h19-21,23H,3-18H2,1-2H3/t19-,20-,21-/m0/s1. The predicted molar refractivity (Wildman–Crippen MR) is 105 cm³/mol. The molecule has 148 valence electrons. The van der Waals surface area contributed by atoms with Gasteiger partial charge in [-0.15, -0.1) is 0 Å². The number of aliphatic hydroxyl groups is 1. The molecule has 3 nitrogen and oxygen atoms in total. The average Bonchev–Trinajstić information content (AvgIpc) is 2.59. The summed E-state index contributed by atoms with van der Waals surface area (Å²) >= 11 is 0. The maximum absolute atomic E-state index is 11.6. The van der Waals surface area contributed by atoms with E-state index in [2.05, 4.69) is 13.8 Å². The Bertz CT molecular complexity index is 329. The maximum atomic E-state index is 11.6. The molecule has 1 aliphatic rings. The van der Waals surface area contributed by atoms with Crippen molar-refractivity contribution in [1.29, 1.82) is 0 Å². The number of rotatable bonds is 17. The zero-order chi connectivity index (χ0) is 18.3. The zero-order valence-electron chi connectivity index (χ0n) is 16.8. The number of carbonyl (C=O) groups excluding carboxylic acids is 1.